The zero-order valence-corrected chi connectivity index (χ0v) is 21.0. The summed E-state index contributed by atoms with van der Waals surface area (Å²) in [4.78, 5) is 0. The average Bonchev–Trinajstić information content (AvgIpc) is 2.70. The highest BCUT2D eigenvalue weighted by atomic mass is 28.4. The Morgan fingerprint density at radius 2 is 1.14 bits per heavy atom. The van der Waals surface area contributed by atoms with Gasteiger partial charge in [-0.1, -0.05) is 43.2 Å². The lowest BCUT2D eigenvalue weighted by molar-refractivity contribution is 0.0707. The Morgan fingerprint density at radius 1 is 0.714 bits per heavy atom. The van der Waals surface area contributed by atoms with Crippen LogP contribution in [0.15, 0.2) is 24.3 Å². The van der Waals surface area contributed by atoms with E-state index in [0.717, 1.165) is 24.1 Å². The number of hydrogen-bond acceptors (Lipinski definition) is 6. The van der Waals surface area contributed by atoms with Crippen LogP contribution in [0.1, 0.15) is 46.1 Å². The van der Waals surface area contributed by atoms with E-state index in [4.69, 9.17) is 26.6 Å². The Kier molecular flexibility index (Phi) is 15.0. The Balaban J connectivity index is 0.000000521. The first kappa shape index (κ1) is 27.4. The molecule has 164 valence electrons. The summed E-state index contributed by atoms with van der Waals surface area (Å²) in [5, 5.41) is 0.982. The van der Waals surface area contributed by atoms with Gasteiger partial charge in [0, 0.05) is 52.4 Å². The van der Waals surface area contributed by atoms with Gasteiger partial charge in [0.2, 0.25) is 0 Å². The summed E-state index contributed by atoms with van der Waals surface area (Å²) in [6.45, 7) is 12.2. The highest BCUT2D eigenvalue weighted by Gasteiger charge is 2.40. The Bertz CT molecular complexity index is 469. The van der Waals surface area contributed by atoms with Gasteiger partial charge in [-0.05, 0) is 34.1 Å². The van der Waals surface area contributed by atoms with Gasteiger partial charge in [0.25, 0.3) is 0 Å². The third-order valence-electron chi connectivity index (χ3n) is 4.14. The normalized spacial score (nSPS) is 11.9. The molecule has 0 aromatic heterocycles. The SMILES string of the molecule is CCCC[Si](OCC)(OCC)OCC.CO[Si](OC)(OC)c1ccc(C)cc1. The van der Waals surface area contributed by atoms with Crippen molar-refractivity contribution in [2.75, 3.05) is 41.2 Å². The van der Waals surface area contributed by atoms with Gasteiger partial charge in [0.1, 0.15) is 0 Å². The number of aryl methyl sites for hydroxylation is 1. The predicted molar refractivity (Wildman–Crippen MR) is 118 cm³/mol. The molecule has 1 aromatic carbocycles. The van der Waals surface area contributed by atoms with Crippen LogP contribution in [0.2, 0.25) is 6.04 Å². The van der Waals surface area contributed by atoms with E-state index in [1.807, 2.05) is 52.0 Å². The third-order valence-corrected chi connectivity index (χ3v) is 9.94. The molecule has 8 heteroatoms. The summed E-state index contributed by atoms with van der Waals surface area (Å²) in [5.74, 6) is 0. The van der Waals surface area contributed by atoms with Gasteiger partial charge in [0.15, 0.2) is 0 Å². The van der Waals surface area contributed by atoms with Gasteiger partial charge >= 0.3 is 17.6 Å². The fourth-order valence-corrected chi connectivity index (χ4v) is 7.33. The molecule has 0 unspecified atom stereocenters. The lowest BCUT2D eigenvalue weighted by Crippen LogP contribution is -2.54. The fourth-order valence-electron chi connectivity index (χ4n) is 2.76. The van der Waals surface area contributed by atoms with Crippen LogP contribution < -0.4 is 5.19 Å². The first-order valence-electron chi connectivity index (χ1n) is 10.1. The molecule has 0 heterocycles. The second kappa shape index (κ2) is 15.3. The van der Waals surface area contributed by atoms with Crippen molar-refractivity contribution in [2.24, 2.45) is 0 Å². The molecule has 0 aliphatic carbocycles. The minimum absolute atomic E-state index is 0.677. The van der Waals surface area contributed by atoms with E-state index in [1.165, 1.54) is 5.56 Å². The van der Waals surface area contributed by atoms with Crippen molar-refractivity contribution in [1.29, 1.82) is 0 Å². The van der Waals surface area contributed by atoms with Gasteiger partial charge in [-0.3, -0.25) is 0 Å². The van der Waals surface area contributed by atoms with Gasteiger partial charge in [-0.15, -0.1) is 0 Å². The van der Waals surface area contributed by atoms with Crippen molar-refractivity contribution >= 4 is 22.8 Å². The predicted octanol–water partition coefficient (Wildman–Crippen LogP) is 3.92. The molecule has 0 aliphatic heterocycles. The van der Waals surface area contributed by atoms with Gasteiger partial charge in [-0.2, -0.15) is 0 Å². The molecule has 0 aliphatic rings. The number of hydrogen-bond donors (Lipinski definition) is 0. The van der Waals surface area contributed by atoms with Crippen LogP contribution in [-0.4, -0.2) is 58.8 Å². The van der Waals surface area contributed by atoms with Crippen LogP contribution in [0.25, 0.3) is 0 Å². The van der Waals surface area contributed by atoms with E-state index in [-0.39, 0.29) is 0 Å². The minimum atomic E-state index is -2.62. The molecule has 0 saturated heterocycles. The monoisotopic (exact) mass is 432 g/mol. The Labute approximate surface area is 174 Å². The number of unbranched alkanes of at least 4 members (excludes halogenated alkanes) is 1. The highest BCUT2D eigenvalue weighted by molar-refractivity contribution is 6.75. The molecule has 0 bridgehead atoms. The van der Waals surface area contributed by atoms with E-state index in [9.17, 15) is 0 Å². The van der Waals surface area contributed by atoms with Crippen molar-refractivity contribution in [3.8, 4) is 0 Å². The summed E-state index contributed by atoms with van der Waals surface area (Å²) >= 11 is 0. The number of rotatable bonds is 13. The quantitative estimate of drug-likeness (QED) is 0.441. The smallest absolute Gasteiger partial charge is 0.374 e. The first-order chi connectivity index (χ1) is 13.4. The van der Waals surface area contributed by atoms with Crippen LogP contribution in [0, 0.1) is 6.92 Å². The number of benzene rings is 1. The van der Waals surface area contributed by atoms with E-state index >= 15 is 0 Å². The molecule has 6 nitrogen and oxygen atoms in total. The van der Waals surface area contributed by atoms with Gasteiger partial charge < -0.3 is 26.6 Å². The molecule has 1 rings (SSSR count). The minimum Gasteiger partial charge on any atom is -0.374 e. The lowest BCUT2D eigenvalue weighted by Gasteiger charge is -2.28. The Morgan fingerprint density at radius 3 is 1.46 bits per heavy atom. The molecule has 0 spiro atoms. The summed E-state index contributed by atoms with van der Waals surface area (Å²) in [6.07, 6.45) is 2.27. The van der Waals surface area contributed by atoms with Crippen molar-refractivity contribution in [2.45, 2.75) is 53.5 Å². The maximum Gasteiger partial charge on any atom is 0.536 e. The maximum atomic E-state index is 5.71. The van der Waals surface area contributed by atoms with Crippen LogP contribution in [0.3, 0.4) is 0 Å². The summed E-state index contributed by atoms with van der Waals surface area (Å²) in [5.41, 5.74) is 1.21. The van der Waals surface area contributed by atoms with Crippen LogP contribution in [-0.2, 0) is 26.6 Å². The lowest BCUT2D eigenvalue weighted by atomic mass is 10.2. The summed E-state index contributed by atoms with van der Waals surface area (Å²) in [6, 6.07) is 8.96. The van der Waals surface area contributed by atoms with Crippen molar-refractivity contribution < 1.29 is 26.6 Å². The molecule has 0 N–H and O–H groups in total. The van der Waals surface area contributed by atoms with Crippen LogP contribution in [0.5, 0.6) is 0 Å². The molecule has 0 amide bonds. The molecular formula is C20H40O6Si2. The summed E-state index contributed by atoms with van der Waals surface area (Å²) in [7, 11) is -0.102. The first-order valence-corrected chi connectivity index (χ1v) is 13.7. The average molecular weight is 433 g/mol. The zero-order chi connectivity index (χ0) is 21.5. The Hall–Kier alpha value is -0.586. The molecule has 0 radical (unpaired) electrons. The van der Waals surface area contributed by atoms with Crippen LogP contribution >= 0.6 is 0 Å². The molecular weight excluding hydrogens is 392 g/mol. The van der Waals surface area contributed by atoms with Crippen molar-refractivity contribution in [1.82, 2.24) is 0 Å². The van der Waals surface area contributed by atoms with Gasteiger partial charge in [-0.25, -0.2) is 0 Å². The van der Waals surface area contributed by atoms with Crippen molar-refractivity contribution in [3.05, 3.63) is 29.8 Å². The topological polar surface area (TPSA) is 55.4 Å². The van der Waals surface area contributed by atoms with Gasteiger partial charge in [0.05, 0.1) is 0 Å². The highest BCUT2D eigenvalue weighted by Crippen LogP contribution is 2.18. The molecule has 0 atom stereocenters. The fraction of sp³-hybridized carbons (Fsp3) is 0.700. The third kappa shape index (κ3) is 8.83. The summed E-state index contributed by atoms with van der Waals surface area (Å²) < 4.78 is 33.2. The second-order valence-corrected chi connectivity index (χ2v) is 11.8. The zero-order valence-electron chi connectivity index (χ0n) is 19.0. The molecule has 0 saturated carbocycles. The largest absolute Gasteiger partial charge is 0.536 e. The molecule has 0 fully saturated rings. The van der Waals surface area contributed by atoms with E-state index < -0.39 is 17.6 Å². The second-order valence-electron chi connectivity index (χ2n) is 6.12. The van der Waals surface area contributed by atoms with Crippen LogP contribution in [0.4, 0.5) is 0 Å². The standard InChI is InChI=1S/C10H16O3Si.C10H24O3Si/c1-9-5-7-10(8-6-9)14(11-2,12-3)13-4;1-5-9-10-14(11-6-2,12-7-3)13-8-4/h5-8H,1-4H3;5-10H2,1-4H3. The van der Waals surface area contributed by atoms with Crippen molar-refractivity contribution in [3.63, 3.8) is 0 Å². The van der Waals surface area contributed by atoms with E-state index in [0.29, 0.717) is 19.8 Å². The van der Waals surface area contributed by atoms with E-state index in [1.54, 1.807) is 21.3 Å². The van der Waals surface area contributed by atoms with E-state index in [2.05, 4.69) is 6.92 Å². The molecule has 1 aromatic rings. The molecule has 28 heavy (non-hydrogen) atoms. The maximum absolute atomic E-state index is 5.71.